The van der Waals surface area contributed by atoms with E-state index in [1.54, 1.807) is 0 Å². The minimum Gasteiger partial charge on any atom is -0.480 e. The molecule has 6 rings (SSSR count). The molecule has 0 unspecified atom stereocenters. The first-order valence-electron chi connectivity index (χ1n) is 15.4. The molecule has 8 nitrogen and oxygen atoms in total. The van der Waals surface area contributed by atoms with Crippen molar-refractivity contribution in [2.24, 2.45) is 0 Å². The molecule has 1 atom stereocenters. The van der Waals surface area contributed by atoms with Crippen LogP contribution in [0.5, 0.6) is 0 Å². The second-order valence-corrected chi connectivity index (χ2v) is 12.4. The zero-order valence-electron chi connectivity index (χ0n) is 25.9. The maximum absolute atomic E-state index is 12.5. The van der Waals surface area contributed by atoms with E-state index in [0.29, 0.717) is 17.7 Å². The van der Waals surface area contributed by atoms with E-state index in [-0.39, 0.29) is 17.9 Å². The fraction of sp³-hybridized carbons (Fsp3) is 0.128. The van der Waals surface area contributed by atoms with Gasteiger partial charge in [-0.2, -0.15) is 11.8 Å². The number of nitrogens with one attached hydrogen (secondary N) is 1. The molecule has 1 aromatic heterocycles. The molecule has 9 heteroatoms. The van der Waals surface area contributed by atoms with Crippen molar-refractivity contribution in [1.82, 2.24) is 5.32 Å². The molecule has 1 heterocycles. The Morgan fingerprint density at radius 3 is 2.02 bits per heavy atom. The topological polar surface area (TPSA) is 123 Å². The Balaban J connectivity index is 1.06. The number of furan rings is 1. The van der Waals surface area contributed by atoms with Crippen LogP contribution in [-0.2, 0) is 28.2 Å². The first-order valence-corrected chi connectivity index (χ1v) is 16.6. The predicted octanol–water partition coefficient (Wildman–Crippen LogP) is 8.31. The Labute approximate surface area is 281 Å². The van der Waals surface area contributed by atoms with E-state index in [1.807, 2.05) is 48.5 Å². The SMILES string of the molecule is O=C(Cc1ccc([N+](=O)[O-])cc1)N[C@@H](CSCc1ccc(-c2ccc(-c3c(Cc4ccccc4)oc4ccccc34)cc2)cc1)C(=O)O. The van der Waals surface area contributed by atoms with Crippen LogP contribution in [0.15, 0.2) is 132 Å². The number of nitro groups is 1. The van der Waals surface area contributed by atoms with Gasteiger partial charge in [0, 0.05) is 41.0 Å². The van der Waals surface area contributed by atoms with Gasteiger partial charge < -0.3 is 14.8 Å². The summed E-state index contributed by atoms with van der Waals surface area (Å²) in [6, 6.07) is 39.7. The summed E-state index contributed by atoms with van der Waals surface area (Å²) in [7, 11) is 0. The van der Waals surface area contributed by atoms with Crippen molar-refractivity contribution in [3.8, 4) is 22.3 Å². The number of non-ortho nitro benzene ring substituents is 1. The number of amides is 1. The van der Waals surface area contributed by atoms with Crippen LogP contribution in [0.4, 0.5) is 5.69 Å². The van der Waals surface area contributed by atoms with Gasteiger partial charge in [0.25, 0.3) is 5.69 Å². The summed E-state index contributed by atoms with van der Waals surface area (Å²) < 4.78 is 6.32. The number of nitro benzene ring substituents is 1. The number of benzene rings is 5. The first kappa shape index (κ1) is 32.3. The third-order valence-corrected chi connectivity index (χ3v) is 9.14. The number of carbonyl (C=O) groups is 2. The molecule has 0 spiro atoms. The quantitative estimate of drug-likeness (QED) is 0.0947. The largest absolute Gasteiger partial charge is 0.480 e. The lowest BCUT2D eigenvalue weighted by Gasteiger charge is -2.14. The number of carboxylic acid groups (broad SMARTS) is 1. The summed E-state index contributed by atoms with van der Waals surface area (Å²) >= 11 is 1.42. The van der Waals surface area contributed by atoms with Crippen molar-refractivity contribution in [3.63, 3.8) is 0 Å². The molecule has 0 fully saturated rings. The predicted molar refractivity (Wildman–Crippen MR) is 189 cm³/mol. The fourth-order valence-corrected chi connectivity index (χ4v) is 6.58. The summed E-state index contributed by atoms with van der Waals surface area (Å²) in [6.45, 7) is 0. The summed E-state index contributed by atoms with van der Waals surface area (Å²) in [5.41, 5.74) is 7.94. The Bertz CT molecular complexity index is 2040. The van der Waals surface area contributed by atoms with Gasteiger partial charge in [-0.15, -0.1) is 0 Å². The third kappa shape index (κ3) is 7.82. The summed E-state index contributed by atoms with van der Waals surface area (Å²) in [6.07, 6.45) is 0.635. The smallest absolute Gasteiger partial charge is 0.327 e. The van der Waals surface area contributed by atoms with Crippen molar-refractivity contribution in [1.29, 1.82) is 0 Å². The van der Waals surface area contributed by atoms with Crippen LogP contribution in [0.2, 0.25) is 0 Å². The van der Waals surface area contributed by atoms with E-state index in [9.17, 15) is 24.8 Å². The Kier molecular flexibility index (Phi) is 9.97. The van der Waals surface area contributed by atoms with Gasteiger partial charge in [0.05, 0.1) is 11.3 Å². The molecule has 48 heavy (non-hydrogen) atoms. The van der Waals surface area contributed by atoms with Crippen molar-refractivity contribution in [3.05, 3.63) is 160 Å². The normalized spacial score (nSPS) is 11.7. The lowest BCUT2D eigenvalue weighted by Crippen LogP contribution is -2.43. The number of aliphatic carboxylic acids is 1. The van der Waals surface area contributed by atoms with Crippen LogP contribution in [0.25, 0.3) is 33.2 Å². The van der Waals surface area contributed by atoms with E-state index >= 15 is 0 Å². The lowest BCUT2D eigenvalue weighted by atomic mass is 9.96. The average Bonchev–Trinajstić information content (AvgIpc) is 3.46. The molecule has 0 aliphatic rings. The number of rotatable bonds is 13. The summed E-state index contributed by atoms with van der Waals surface area (Å²) in [5.74, 6) is 0.138. The molecule has 2 N–H and O–H groups in total. The maximum atomic E-state index is 12.5. The molecule has 1 amide bonds. The Morgan fingerprint density at radius 2 is 1.35 bits per heavy atom. The van der Waals surface area contributed by atoms with Gasteiger partial charge in [0.1, 0.15) is 17.4 Å². The van der Waals surface area contributed by atoms with E-state index < -0.39 is 22.8 Å². The van der Waals surface area contributed by atoms with Gasteiger partial charge >= 0.3 is 5.97 Å². The highest BCUT2D eigenvalue weighted by Gasteiger charge is 2.21. The van der Waals surface area contributed by atoms with Crippen molar-refractivity contribution < 1.29 is 24.0 Å². The Hall–Kier alpha value is -5.67. The minimum absolute atomic E-state index is 0.0671. The molecule has 0 aliphatic carbocycles. The zero-order chi connectivity index (χ0) is 33.5. The highest BCUT2D eigenvalue weighted by Crippen LogP contribution is 2.37. The number of thioether (sulfide) groups is 1. The molecule has 0 saturated carbocycles. The van der Waals surface area contributed by atoms with E-state index in [4.69, 9.17) is 4.42 Å². The lowest BCUT2D eigenvalue weighted by molar-refractivity contribution is -0.384. The summed E-state index contributed by atoms with van der Waals surface area (Å²) in [4.78, 5) is 34.6. The number of hydrogen-bond acceptors (Lipinski definition) is 6. The second-order valence-electron chi connectivity index (χ2n) is 11.4. The van der Waals surface area contributed by atoms with Gasteiger partial charge in [-0.3, -0.25) is 14.9 Å². The van der Waals surface area contributed by atoms with Crippen LogP contribution in [0.1, 0.15) is 22.5 Å². The van der Waals surface area contributed by atoms with E-state index in [2.05, 4.69) is 59.9 Å². The van der Waals surface area contributed by atoms with Crippen LogP contribution in [0, 0.1) is 10.1 Å². The fourth-order valence-electron chi connectivity index (χ4n) is 5.58. The highest BCUT2D eigenvalue weighted by atomic mass is 32.2. The third-order valence-electron chi connectivity index (χ3n) is 8.04. The summed E-state index contributed by atoms with van der Waals surface area (Å²) in [5, 5.41) is 24.1. The average molecular weight is 657 g/mol. The van der Waals surface area contributed by atoms with Gasteiger partial charge in [-0.05, 0) is 39.4 Å². The monoisotopic (exact) mass is 656 g/mol. The van der Waals surface area contributed by atoms with Gasteiger partial charge in [-0.1, -0.05) is 109 Å². The molecule has 5 aromatic carbocycles. The van der Waals surface area contributed by atoms with Crippen molar-refractivity contribution >= 4 is 40.3 Å². The van der Waals surface area contributed by atoms with Crippen LogP contribution >= 0.6 is 11.8 Å². The first-order chi connectivity index (χ1) is 23.3. The molecule has 0 radical (unpaired) electrons. The molecule has 0 saturated heterocycles. The van der Waals surface area contributed by atoms with Gasteiger partial charge in [-0.25, -0.2) is 4.79 Å². The number of hydrogen-bond donors (Lipinski definition) is 2. The minimum atomic E-state index is -1.12. The Morgan fingerprint density at radius 1 is 0.750 bits per heavy atom. The number of carbonyl (C=O) groups excluding carboxylic acids is 1. The van der Waals surface area contributed by atoms with Crippen LogP contribution in [0.3, 0.4) is 0 Å². The van der Waals surface area contributed by atoms with Crippen molar-refractivity contribution in [2.75, 3.05) is 5.75 Å². The molecule has 0 aliphatic heterocycles. The number of carboxylic acids is 1. The van der Waals surface area contributed by atoms with Gasteiger partial charge in [0.15, 0.2) is 0 Å². The molecule has 0 bridgehead atoms. The number of para-hydroxylation sites is 1. The standard InChI is InChI=1S/C39H32N2O6S/c42-37(23-27-12-20-32(21-13-27)41(45)46)40-34(39(43)44)25-48-24-28-10-14-29(15-11-28)30-16-18-31(19-17-30)38-33-8-4-5-9-35(33)47-36(38)22-26-6-2-1-3-7-26/h1-21,34H,22-25H2,(H,40,42)(H,43,44)/t34-/m0/s1. The van der Waals surface area contributed by atoms with E-state index in [0.717, 1.165) is 44.5 Å². The molecule has 6 aromatic rings. The van der Waals surface area contributed by atoms with Crippen LogP contribution in [-0.4, -0.2) is 33.7 Å². The number of fused-ring (bicyclic) bond motifs is 1. The number of nitrogens with zero attached hydrogens (tertiary/aromatic N) is 1. The molecule has 240 valence electrons. The molecular formula is C39H32N2O6S. The van der Waals surface area contributed by atoms with Crippen molar-refractivity contribution in [2.45, 2.75) is 24.6 Å². The molecular weight excluding hydrogens is 625 g/mol. The maximum Gasteiger partial charge on any atom is 0.327 e. The highest BCUT2D eigenvalue weighted by molar-refractivity contribution is 7.98. The van der Waals surface area contributed by atoms with Gasteiger partial charge in [0.2, 0.25) is 5.91 Å². The van der Waals surface area contributed by atoms with Crippen LogP contribution < -0.4 is 5.32 Å². The zero-order valence-corrected chi connectivity index (χ0v) is 26.7. The second kappa shape index (κ2) is 14.8. The van der Waals surface area contributed by atoms with E-state index in [1.165, 1.54) is 41.6 Å².